The molecule has 2 aromatic heterocycles. The van der Waals surface area contributed by atoms with Crippen LogP contribution in [0.1, 0.15) is 182 Å². The van der Waals surface area contributed by atoms with Crippen LogP contribution < -0.4 is 67.8 Å². The zero-order chi connectivity index (χ0) is 71.1. The quantitative estimate of drug-likeness (QED) is 0.0175. The number of nitrogens with zero attached hydrogens (tertiary/aromatic N) is 2. The first-order valence-corrected chi connectivity index (χ1v) is 35.9. The summed E-state index contributed by atoms with van der Waals surface area (Å²) in [7, 11) is 1.21. The van der Waals surface area contributed by atoms with Crippen LogP contribution in [0.4, 0.5) is 0 Å². The van der Waals surface area contributed by atoms with Gasteiger partial charge in [-0.05, 0) is 93.7 Å². The van der Waals surface area contributed by atoms with E-state index in [1.165, 1.54) is 64.2 Å². The molecule has 0 fully saturated rings. The molecule has 5 amide bonds. The van der Waals surface area contributed by atoms with Crippen molar-refractivity contribution in [2.45, 2.75) is 214 Å². The molecule has 22 nitrogen and oxygen atoms in total. The maximum Gasteiger partial charge on any atom is 0.328 e. The number of esters is 1. The first kappa shape index (κ1) is 77.3. The Morgan fingerprint density at radius 3 is 1.19 bits per heavy atom. The summed E-state index contributed by atoms with van der Waals surface area (Å²) < 4.78 is 31.4. The summed E-state index contributed by atoms with van der Waals surface area (Å²) in [5.74, 6) is -1.65. The number of ether oxygens (including phenoxy) is 5. The summed E-state index contributed by atoms with van der Waals surface area (Å²) in [4.78, 5) is 136. The van der Waals surface area contributed by atoms with Gasteiger partial charge in [-0.3, -0.25) is 52.3 Å². The predicted molar refractivity (Wildman–Crippen MR) is 387 cm³/mol. The lowest BCUT2D eigenvalue weighted by atomic mass is 10.0. The molecule has 5 aromatic carbocycles. The molecule has 7 aromatic rings. The fourth-order valence-electron chi connectivity index (χ4n) is 12.4. The van der Waals surface area contributed by atoms with Gasteiger partial charge in [0.1, 0.15) is 47.7 Å². The summed E-state index contributed by atoms with van der Waals surface area (Å²) in [6.45, 7) is 9.97. The van der Waals surface area contributed by atoms with Crippen molar-refractivity contribution in [3.8, 4) is 23.0 Å². The number of amides is 5. The van der Waals surface area contributed by atoms with Crippen molar-refractivity contribution in [2.75, 3.05) is 46.6 Å². The normalized spacial score (nSPS) is 12.4. The van der Waals surface area contributed by atoms with E-state index in [4.69, 9.17) is 23.7 Å². The standard InChI is InChI=1S/C77H103N7O15/c1-7-10-13-16-19-22-43-83-73(90)57-47-59-60(48-58(57)74(83)91)76(93)84(75(59)92)49-68(85)82-63(46-52(4)5)72(89)79-41-29-35-61(80-69(86)50-98-66-39-27-31-53-55(66)33-25-37-64(53)96-44-23-20-17-14-11-8-2)71(88)78-42-30-36-62(77(94)95-6)81-70(87)51-99-67-40-28-32-54-56(67)34-26-38-65(54)97-45-24-21-18-15-12-9-3/h25-28,31-34,37-40,47-48,52,61-63H,7-24,29-30,35-36,41-46,49-51H2,1-6H3,(H,78,88)(H,79,89)(H,80,86)(H,81,87)(H,82,85)/t61-,62-,63-/m0/s1. The lowest BCUT2D eigenvalue weighted by Gasteiger charge is -2.22. The lowest BCUT2D eigenvalue weighted by molar-refractivity contribution is -0.145. The van der Waals surface area contributed by atoms with Gasteiger partial charge in [-0.25, -0.2) is 4.79 Å². The van der Waals surface area contributed by atoms with E-state index in [1.807, 2.05) is 74.5 Å². The zero-order valence-corrected chi connectivity index (χ0v) is 58.8. The number of unbranched alkanes of at least 4 members (excludes halogenated alkanes) is 15. The third-order valence-corrected chi connectivity index (χ3v) is 17.8. The summed E-state index contributed by atoms with van der Waals surface area (Å²) in [6, 6.07) is 21.4. The van der Waals surface area contributed by atoms with Crippen molar-refractivity contribution < 1.29 is 52.5 Å². The van der Waals surface area contributed by atoms with Crippen LogP contribution in [0.2, 0.25) is 0 Å². The predicted octanol–water partition coefficient (Wildman–Crippen LogP) is 10.7. The van der Waals surface area contributed by atoms with Crippen LogP contribution in [0, 0.1) is 5.92 Å². The lowest BCUT2D eigenvalue weighted by Crippen LogP contribution is -2.50. The van der Waals surface area contributed by atoms with Gasteiger partial charge in [0.25, 0.3) is 34.1 Å². The number of carbonyl (C=O) groups is 6. The zero-order valence-electron chi connectivity index (χ0n) is 58.8. The highest BCUT2D eigenvalue weighted by atomic mass is 16.5. The second kappa shape index (κ2) is 40.7. The van der Waals surface area contributed by atoms with Gasteiger partial charge in [0, 0.05) is 41.2 Å². The van der Waals surface area contributed by atoms with E-state index >= 15 is 0 Å². The van der Waals surface area contributed by atoms with E-state index in [0.717, 1.165) is 94.9 Å². The molecule has 0 spiro atoms. The SMILES string of the molecule is CCCCCCCCOc1cccc2c(OCC(=O)N[C@@H](CCCNC(=O)[C@H](CC(C)C)NC(=O)Cn3c(=O)c4cc5c(=O)n(CCCCCCCC)c(=O)c5cc4c3=O)C(=O)NCCC[C@H](NC(=O)COc3cccc4c(OCCCCCCCC)cccc34)C(=O)OC)cccc12. The summed E-state index contributed by atoms with van der Waals surface area (Å²) >= 11 is 0. The number of hydrogen-bond acceptors (Lipinski definition) is 15. The first-order chi connectivity index (χ1) is 48.0. The summed E-state index contributed by atoms with van der Waals surface area (Å²) in [6.07, 6.45) is 19.9. The Morgan fingerprint density at radius 1 is 0.404 bits per heavy atom. The third kappa shape index (κ3) is 23.0. The number of methoxy groups -OCH3 is 1. The molecule has 0 saturated carbocycles. The fourth-order valence-corrected chi connectivity index (χ4v) is 12.4. The number of benzene rings is 5. The van der Waals surface area contributed by atoms with E-state index in [0.29, 0.717) is 42.6 Å². The van der Waals surface area contributed by atoms with E-state index in [1.54, 1.807) is 12.1 Å². The van der Waals surface area contributed by atoms with E-state index in [9.17, 15) is 47.9 Å². The first-order valence-electron chi connectivity index (χ1n) is 35.9. The molecule has 0 radical (unpaired) electrons. The van der Waals surface area contributed by atoms with Gasteiger partial charge in [-0.15, -0.1) is 0 Å². The van der Waals surface area contributed by atoms with Crippen molar-refractivity contribution in [2.24, 2.45) is 5.92 Å². The van der Waals surface area contributed by atoms with Gasteiger partial charge in [0.2, 0.25) is 17.7 Å². The molecule has 22 heteroatoms. The molecule has 7 rings (SSSR count). The van der Waals surface area contributed by atoms with Crippen LogP contribution in [0.3, 0.4) is 0 Å². The van der Waals surface area contributed by atoms with Crippen LogP contribution in [-0.4, -0.2) is 109 Å². The Balaban J connectivity index is 0.963. The molecule has 0 aliphatic heterocycles. The molecule has 2 heterocycles. The van der Waals surface area contributed by atoms with Crippen LogP contribution in [0.25, 0.3) is 43.1 Å². The fraction of sp³-hybridized carbons (Fsp3) is 0.532. The van der Waals surface area contributed by atoms with Gasteiger partial charge in [0.15, 0.2) is 13.2 Å². The molecular weight excluding hydrogens is 1260 g/mol. The highest BCUT2D eigenvalue weighted by Gasteiger charge is 2.28. The van der Waals surface area contributed by atoms with Crippen molar-refractivity contribution in [3.63, 3.8) is 0 Å². The van der Waals surface area contributed by atoms with Crippen LogP contribution >= 0.6 is 0 Å². The topological polar surface area (TPSA) is 287 Å². The molecule has 0 aliphatic carbocycles. The number of hydrogen-bond donors (Lipinski definition) is 5. The second-order valence-electron chi connectivity index (χ2n) is 26.1. The Bertz CT molecular complexity index is 3940. The molecule has 0 unspecified atom stereocenters. The highest BCUT2D eigenvalue weighted by Crippen LogP contribution is 2.34. The molecule has 99 heavy (non-hydrogen) atoms. The average Bonchev–Trinajstić information content (AvgIpc) is 1.60. The van der Waals surface area contributed by atoms with Crippen molar-refractivity contribution in [3.05, 3.63) is 126 Å². The smallest absolute Gasteiger partial charge is 0.328 e. The van der Waals surface area contributed by atoms with Crippen LogP contribution in [0.15, 0.2) is 104 Å². The van der Waals surface area contributed by atoms with Crippen molar-refractivity contribution in [1.29, 1.82) is 0 Å². The van der Waals surface area contributed by atoms with Gasteiger partial charge in [0.05, 0.1) is 41.9 Å². The molecule has 5 N–H and O–H groups in total. The molecule has 0 bridgehead atoms. The van der Waals surface area contributed by atoms with Gasteiger partial charge >= 0.3 is 5.97 Å². The highest BCUT2D eigenvalue weighted by molar-refractivity contribution is 5.99. The monoisotopic (exact) mass is 1370 g/mol. The van der Waals surface area contributed by atoms with E-state index in [2.05, 4.69) is 47.4 Å². The van der Waals surface area contributed by atoms with E-state index in [-0.39, 0.29) is 79.2 Å². The van der Waals surface area contributed by atoms with Gasteiger partial charge in [-0.1, -0.05) is 179 Å². The molecule has 0 aliphatic rings. The molecular formula is C77H103N7O15. The minimum Gasteiger partial charge on any atom is -0.493 e. The van der Waals surface area contributed by atoms with Crippen molar-refractivity contribution in [1.82, 2.24) is 35.7 Å². The van der Waals surface area contributed by atoms with Crippen molar-refractivity contribution >= 4 is 78.6 Å². The minimum absolute atomic E-state index is 0.00487. The molecule has 0 saturated heterocycles. The number of fused-ring (bicyclic) bond motifs is 4. The molecule has 3 atom stereocenters. The van der Waals surface area contributed by atoms with Crippen LogP contribution in [0.5, 0.6) is 23.0 Å². The Labute approximate surface area is 579 Å². The largest absolute Gasteiger partial charge is 0.493 e. The summed E-state index contributed by atoms with van der Waals surface area (Å²) in [5, 5.41) is 16.8. The number of aromatic nitrogens is 2. The number of rotatable bonds is 47. The second-order valence-corrected chi connectivity index (χ2v) is 26.1. The Kier molecular flexibility index (Phi) is 31.8. The average molecular weight is 1370 g/mol. The van der Waals surface area contributed by atoms with Crippen LogP contribution in [-0.2, 0) is 46.6 Å². The summed E-state index contributed by atoms with van der Waals surface area (Å²) in [5.41, 5.74) is -2.72. The number of nitrogens with one attached hydrogen (secondary N) is 5. The number of carbonyl (C=O) groups excluding carboxylic acids is 6. The Morgan fingerprint density at radius 2 is 0.768 bits per heavy atom. The minimum atomic E-state index is -1.15. The molecule has 536 valence electrons. The van der Waals surface area contributed by atoms with Gasteiger partial charge < -0.3 is 50.3 Å². The van der Waals surface area contributed by atoms with E-state index < -0.39 is 95.6 Å². The Hall–Kier alpha value is -9.08. The maximum atomic E-state index is 14.1. The third-order valence-electron chi connectivity index (χ3n) is 17.8. The maximum absolute atomic E-state index is 14.1. The van der Waals surface area contributed by atoms with Gasteiger partial charge in [-0.2, -0.15) is 0 Å².